The van der Waals surface area contributed by atoms with Crippen LogP contribution in [0.2, 0.25) is 0 Å². The molecule has 0 aliphatic heterocycles. The Hall–Kier alpha value is -4.08. The van der Waals surface area contributed by atoms with E-state index >= 15 is 0 Å². The molecule has 0 amide bonds. The summed E-state index contributed by atoms with van der Waals surface area (Å²) >= 11 is 6.73. The molecule has 0 atom stereocenters. The van der Waals surface area contributed by atoms with Crippen LogP contribution >= 0.6 is 45.3 Å². The lowest BCUT2D eigenvalue weighted by atomic mass is 10.1. The largest absolute Gasteiger partial charge is 0.288 e. The number of rotatable bonds is 4. The van der Waals surface area contributed by atoms with Crippen molar-refractivity contribution in [2.45, 2.75) is 20.3 Å². The maximum atomic E-state index is 13.0. The van der Waals surface area contributed by atoms with Crippen LogP contribution in [0.5, 0.6) is 0 Å². The summed E-state index contributed by atoms with van der Waals surface area (Å²) in [5.74, 6) is -1.01. The molecule has 4 nitrogen and oxygen atoms in total. The van der Waals surface area contributed by atoms with Crippen LogP contribution in [0.1, 0.15) is 34.7 Å². The Balaban J connectivity index is 1.24. The summed E-state index contributed by atoms with van der Waals surface area (Å²) < 4.78 is 4.82. The molecule has 4 aromatic rings. The molecule has 0 unspecified atom stereocenters. The van der Waals surface area contributed by atoms with Crippen molar-refractivity contribution in [3.63, 3.8) is 0 Å². The second kappa shape index (κ2) is 10.3. The molecular weight excluding hydrogens is 613 g/mol. The Labute approximate surface area is 263 Å². The number of Topliss-reactive ketones (excluding diaryl/α,β-unsaturated/α-hetero) is 4. The van der Waals surface area contributed by atoms with Gasteiger partial charge in [-0.25, -0.2) is 0 Å². The number of ketones is 4. The van der Waals surface area contributed by atoms with Crippen molar-refractivity contribution in [1.82, 2.24) is 0 Å². The van der Waals surface area contributed by atoms with E-state index in [-0.39, 0.29) is 34.3 Å². The van der Waals surface area contributed by atoms with Crippen LogP contribution in [-0.4, -0.2) is 23.1 Å². The molecule has 0 bridgehead atoms. The Kier molecular flexibility index (Phi) is 6.63. The second-order valence-electron chi connectivity index (χ2n) is 10.2. The SMILES string of the molecule is C=C/C=C1/C(=O)/C(=C/c2cc3c(s2)-c2sc4c(sc5cc(/C=C6\C(=O)C(=C/C)/C(=C\C=C)C6=O)sc54)c2C3)C(=O)/C1=C/C. The number of carbonyl (C=O) groups is 4. The van der Waals surface area contributed by atoms with Crippen molar-refractivity contribution in [3.8, 4) is 9.75 Å². The van der Waals surface area contributed by atoms with Gasteiger partial charge < -0.3 is 0 Å². The number of thiophene rings is 4. The third-order valence-electron chi connectivity index (χ3n) is 7.75. The molecule has 2 fully saturated rings. The molecule has 3 aliphatic carbocycles. The van der Waals surface area contributed by atoms with Crippen LogP contribution in [0.4, 0.5) is 0 Å². The van der Waals surface area contributed by atoms with Gasteiger partial charge in [0.2, 0.25) is 0 Å². The first kappa shape index (κ1) is 27.7. The van der Waals surface area contributed by atoms with E-state index in [9.17, 15) is 19.2 Å². The molecule has 0 aromatic carbocycles. The van der Waals surface area contributed by atoms with Crippen molar-refractivity contribution in [3.05, 3.63) is 116 Å². The molecular formula is C35H22O4S4. The van der Waals surface area contributed by atoms with Crippen LogP contribution in [0.15, 0.2) is 95.2 Å². The molecule has 4 heterocycles. The van der Waals surface area contributed by atoms with Crippen LogP contribution in [-0.2, 0) is 25.6 Å². The zero-order valence-electron chi connectivity index (χ0n) is 23.2. The smallest absolute Gasteiger partial charge is 0.197 e. The fourth-order valence-corrected chi connectivity index (χ4v) is 11.4. The van der Waals surface area contributed by atoms with Crippen LogP contribution in [0, 0.1) is 0 Å². The standard InChI is InChI=1S/C35H22O4S4/c1-5-9-21-19(7-3)27(36)23(29(21)38)13-17-11-16-12-25-32(31(16)40-17)43-35-33(25)42-26-15-18(41-34(26)35)14-24-28(37)20(8-4)22(10-6-2)30(24)39/h5-11,13-15H,1-2,12H2,3-4H3/b19-7+,20-8+,21-9+,22-10+,23-13+,24-14+. The highest BCUT2D eigenvalue weighted by Crippen LogP contribution is 2.55. The maximum absolute atomic E-state index is 13.0. The Morgan fingerprint density at radius 3 is 1.72 bits per heavy atom. The lowest BCUT2D eigenvalue weighted by Gasteiger charge is -1.93. The number of hydrogen-bond acceptors (Lipinski definition) is 8. The van der Waals surface area contributed by atoms with Crippen molar-refractivity contribution >= 4 is 99.4 Å². The second-order valence-corrected chi connectivity index (χ2v) is 14.4. The molecule has 43 heavy (non-hydrogen) atoms. The van der Waals surface area contributed by atoms with Gasteiger partial charge in [-0.3, -0.25) is 19.2 Å². The zero-order chi connectivity index (χ0) is 30.2. The first-order valence-electron chi connectivity index (χ1n) is 13.5. The van der Waals surface area contributed by atoms with Gasteiger partial charge in [-0.05, 0) is 49.3 Å². The summed E-state index contributed by atoms with van der Waals surface area (Å²) in [7, 11) is 0. The molecule has 3 aliphatic rings. The van der Waals surface area contributed by atoms with Gasteiger partial charge in [-0.1, -0.05) is 49.6 Å². The van der Waals surface area contributed by atoms with E-state index in [1.807, 2.05) is 0 Å². The van der Waals surface area contributed by atoms with E-state index in [2.05, 4.69) is 25.3 Å². The van der Waals surface area contributed by atoms with Gasteiger partial charge in [0, 0.05) is 48.0 Å². The summed E-state index contributed by atoms with van der Waals surface area (Å²) in [6, 6.07) is 4.17. The molecule has 2 saturated carbocycles. The topological polar surface area (TPSA) is 68.3 Å². The summed E-state index contributed by atoms with van der Waals surface area (Å²) in [6.07, 6.45) is 13.9. The van der Waals surface area contributed by atoms with Gasteiger partial charge in [0.05, 0.1) is 30.1 Å². The van der Waals surface area contributed by atoms with E-state index in [4.69, 9.17) is 0 Å². The third kappa shape index (κ3) is 4.05. The first-order chi connectivity index (χ1) is 20.8. The maximum Gasteiger partial charge on any atom is 0.197 e. The fraction of sp³-hybridized carbons (Fsp3) is 0.0857. The van der Waals surface area contributed by atoms with Gasteiger partial charge in [-0.2, -0.15) is 0 Å². The molecule has 0 radical (unpaired) electrons. The number of allylic oxidation sites excluding steroid dienone is 12. The van der Waals surface area contributed by atoms with E-state index in [1.54, 1.807) is 95.7 Å². The Bertz CT molecular complexity index is 2220. The van der Waals surface area contributed by atoms with Gasteiger partial charge in [-0.15, -0.1) is 45.3 Å². The molecule has 4 aromatic heterocycles. The normalized spacial score (nSPS) is 22.3. The highest BCUT2D eigenvalue weighted by Gasteiger charge is 2.37. The van der Waals surface area contributed by atoms with Crippen molar-refractivity contribution in [2.24, 2.45) is 0 Å². The number of hydrogen-bond donors (Lipinski definition) is 0. The van der Waals surface area contributed by atoms with Crippen LogP contribution in [0.25, 0.3) is 40.7 Å². The summed E-state index contributed by atoms with van der Waals surface area (Å²) in [5, 5.41) is 0. The minimum absolute atomic E-state index is 0.192. The van der Waals surface area contributed by atoms with Crippen LogP contribution < -0.4 is 0 Å². The first-order valence-corrected chi connectivity index (χ1v) is 16.8. The highest BCUT2D eigenvalue weighted by molar-refractivity contribution is 7.40. The highest BCUT2D eigenvalue weighted by atomic mass is 32.1. The summed E-state index contributed by atoms with van der Waals surface area (Å²) in [5.41, 5.74) is 4.57. The van der Waals surface area contributed by atoms with Gasteiger partial charge in [0.15, 0.2) is 23.1 Å². The minimum atomic E-state index is -0.262. The van der Waals surface area contributed by atoms with Gasteiger partial charge in [0.1, 0.15) is 0 Å². The minimum Gasteiger partial charge on any atom is -0.288 e. The summed E-state index contributed by atoms with van der Waals surface area (Å²) in [6.45, 7) is 10.9. The third-order valence-corrected chi connectivity index (χ3v) is 13.0. The van der Waals surface area contributed by atoms with Gasteiger partial charge in [0.25, 0.3) is 0 Å². The molecule has 0 spiro atoms. The van der Waals surface area contributed by atoms with Crippen molar-refractivity contribution in [2.75, 3.05) is 0 Å². The predicted molar refractivity (Wildman–Crippen MR) is 181 cm³/mol. The van der Waals surface area contributed by atoms with E-state index in [0.29, 0.717) is 22.3 Å². The average molecular weight is 635 g/mol. The number of fused-ring (bicyclic) bond motifs is 7. The fourth-order valence-electron chi connectivity index (χ4n) is 5.86. The van der Waals surface area contributed by atoms with Crippen LogP contribution in [0.3, 0.4) is 0 Å². The zero-order valence-corrected chi connectivity index (χ0v) is 26.4. The monoisotopic (exact) mass is 634 g/mol. The molecule has 0 saturated heterocycles. The average Bonchev–Trinajstić information content (AvgIpc) is 3.82. The quantitative estimate of drug-likeness (QED) is 0.146. The molecule has 7 rings (SSSR count). The Morgan fingerprint density at radius 1 is 0.605 bits per heavy atom. The molecule has 0 N–H and O–H groups in total. The number of carbonyl (C=O) groups excluding carboxylic acids is 4. The van der Waals surface area contributed by atoms with Crippen molar-refractivity contribution < 1.29 is 19.2 Å². The summed E-state index contributed by atoms with van der Waals surface area (Å²) in [4.78, 5) is 56.1. The predicted octanol–water partition coefficient (Wildman–Crippen LogP) is 9.00. The molecule has 210 valence electrons. The lowest BCUT2D eigenvalue weighted by Crippen LogP contribution is -1.99. The van der Waals surface area contributed by atoms with E-state index in [0.717, 1.165) is 20.9 Å². The Morgan fingerprint density at radius 2 is 1.16 bits per heavy atom. The van der Waals surface area contributed by atoms with Gasteiger partial charge >= 0.3 is 0 Å². The van der Waals surface area contributed by atoms with E-state index < -0.39 is 0 Å². The lowest BCUT2D eigenvalue weighted by molar-refractivity contribution is -0.116. The molecule has 8 heteroatoms. The van der Waals surface area contributed by atoms with E-state index in [1.165, 1.54) is 47.1 Å². The van der Waals surface area contributed by atoms with Crippen molar-refractivity contribution in [1.29, 1.82) is 0 Å².